The van der Waals surface area contributed by atoms with Crippen molar-refractivity contribution in [1.82, 2.24) is 0 Å². The second-order valence-electron chi connectivity index (χ2n) is 3.40. The van der Waals surface area contributed by atoms with Crippen molar-refractivity contribution in [2.24, 2.45) is 5.16 Å². The molecule has 0 aromatic carbocycles. The van der Waals surface area contributed by atoms with Crippen LogP contribution in [0.5, 0.6) is 0 Å². The summed E-state index contributed by atoms with van der Waals surface area (Å²) in [5.41, 5.74) is -6.22. The molecule has 1 heterocycles. The number of hydrogen-bond acceptors (Lipinski definition) is 4. The second kappa shape index (κ2) is 4.00. The van der Waals surface area contributed by atoms with Crippen molar-refractivity contribution in [3.63, 3.8) is 0 Å². The van der Waals surface area contributed by atoms with Crippen molar-refractivity contribution >= 4 is 11.7 Å². The minimum absolute atomic E-state index is 1.04. The van der Waals surface area contributed by atoms with Crippen LogP contribution in [0.25, 0.3) is 0 Å². The van der Waals surface area contributed by atoms with Crippen molar-refractivity contribution in [2.75, 3.05) is 0 Å². The van der Waals surface area contributed by atoms with Crippen LogP contribution in [0.3, 0.4) is 0 Å². The van der Waals surface area contributed by atoms with Crippen molar-refractivity contribution in [1.29, 1.82) is 0 Å². The predicted molar refractivity (Wildman–Crippen MR) is 41.6 cm³/mol. The molecule has 0 unspecified atom stereocenters. The van der Waals surface area contributed by atoms with E-state index in [1.54, 1.807) is 0 Å². The first-order valence-corrected chi connectivity index (χ1v) is 4.23. The van der Waals surface area contributed by atoms with Crippen LogP contribution in [0, 0.1) is 0 Å². The summed E-state index contributed by atoms with van der Waals surface area (Å²) in [6.07, 6.45) is -16.4. The van der Waals surface area contributed by atoms with Crippen LogP contribution in [-0.4, -0.2) is 46.0 Å². The molecule has 1 aliphatic rings. The Labute approximate surface area is 94.6 Å². The van der Waals surface area contributed by atoms with Gasteiger partial charge in [-0.3, -0.25) is 0 Å². The van der Waals surface area contributed by atoms with Crippen molar-refractivity contribution < 1.29 is 46.2 Å². The molecule has 104 valence electrons. The lowest BCUT2D eigenvalue weighted by Gasteiger charge is -2.34. The highest BCUT2D eigenvalue weighted by atomic mass is 19.4. The average Bonchev–Trinajstić information content (AvgIpc) is 2.61. The maximum Gasteiger partial charge on any atom is 0.430 e. The van der Waals surface area contributed by atoms with Crippen molar-refractivity contribution in [3.8, 4) is 0 Å². The second-order valence-corrected chi connectivity index (χ2v) is 3.40. The molecule has 0 amide bonds. The van der Waals surface area contributed by atoms with Gasteiger partial charge in [0, 0.05) is 6.42 Å². The maximum absolute atomic E-state index is 12.3. The van der Waals surface area contributed by atoms with Crippen molar-refractivity contribution in [3.05, 3.63) is 0 Å². The minimum Gasteiger partial charge on any atom is -0.477 e. The van der Waals surface area contributed by atoms with Gasteiger partial charge >= 0.3 is 18.3 Å². The Bertz CT molecular complexity index is 372. The van der Waals surface area contributed by atoms with Crippen LogP contribution in [0.1, 0.15) is 6.42 Å². The Morgan fingerprint density at radius 2 is 1.67 bits per heavy atom. The molecule has 11 heteroatoms. The minimum atomic E-state index is -6.08. The van der Waals surface area contributed by atoms with Gasteiger partial charge in [0.15, 0.2) is 11.8 Å². The van der Waals surface area contributed by atoms with Gasteiger partial charge in [-0.05, 0) is 0 Å². The van der Waals surface area contributed by atoms with E-state index in [-0.39, 0.29) is 0 Å². The highest BCUT2D eigenvalue weighted by Gasteiger charge is 2.76. The van der Waals surface area contributed by atoms with Gasteiger partial charge in [0.05, 0.1) is 0 Å². The summed E-state index contributed by atoms with van der Waals surface area (Å²) in [7, 11) is 0. The summed E-state index contributed by atoms with van der Waals surface area (Å²) in [5.74, 6) is -1.83. The van der Waals surface area contributed by atoms with E-state index in [9.17, 15) is 31.1 Å². The molecule has 1 aliphatic heterocycles. The molecule has 0 saturated heterocycles. The van der Waals surface area contributed by atoms with Gasteiger partial charge in [-0.15, -0.1) is 0 Å². The zero-order chi connectivity index (χ0) is 14.4. The molecule has 0 bridgehead atoms. The van der Waals surface area contributed by atoms with Crippen LogP contribution < -0.4 is 0 Å². The van der Waals surface area contributed by atoms with E-state index >= 15 is 0 Å². The predicted octanol–water partition coefficient (Wildman–Crippen LogP) is 1.07. The molecular weight excluding hydrogens is 276 g/mol. The summed E-state index contributed by atoms with van der Waals surface area (Å²) in [4.78, 5) is 14.1. The molecule has 0 aromatic rings. The summed E-state index contributed by atoms with van der Waals surface area (Å²) < 4.78 is 74.0. The lowest BCUT2D eigenvalue weighted by atomic mass is 9.91. The van der Waals surface area contributed by atoms with Crippen molar-refractivity contribution in [2.45, 2.75) is 30.5 Å². The van der Waals surface area contributed by atoms with E-state index in [0.29, 0.717) is 0 Å². The Kier molecular flexibility index (Phi) is 3.23. The van der Waals surface area contributed by atoms with Gasteiger partial charge in [0.1, 0.15) is 0 Å². The van der Waals surface area contributed by atoms with Gasteiger partial charge in [0.2, 0.25) is 0 Å². The third-order valence-corrected chi connectivity index (χ3v) is 2.25. The van der Waals surface area contributed by atoms with Gasteiger partial charge < -0.3 is 15.1 Å². The molecular formula is C7H5F6NO4. The topological polar surface area (TPSA) is 79.1 Å². The molecule has 1 rings (SSSR count). The third kappa shape index (κ3) is 2.09. The largest absolute Gasteiger partial charge is 0.477 e. The number of halogens is 6. The zero-order valence-electron chi connectivity index (χ0n) is 8.21. The molecule has 1 atom stereocenters. The van der Waals surface area contributed by atoms with E-state index < -0.39 is 42.2 Å². The fourth-order valence-electron chi connectivity index (χ4n) is 1.25. The summed E-state index contributed by atoms with van der Waals surface area (Å²) >= 11 is 0. The van der Waals surface area contributed by atoms with E-state index in [4.69, 9.17) is 10.2 Å². The average molecular weight is 281 g/mol. The lowest BCUT2D eigenvalue weighted by molar-refractivity contribution is -0.392. The van der Waals surface area contributed by atoms with E-state index in [1.165, 1.54) is 0 Å². The third-order valence-electron chi connectivity index (χ3n) is 2.25. The Hall–Kier alpha value is -1.52. The van der Waals surface area contributed by atoms with Gasteiger partial charge in [-0.2, -0.15) is 26.3 Å². The number of aliphatic hydroxyl groups is 1. The standard InChI is InChI=1S/C7H5F6NO4/c8-6(9,10)5(17,7(11,12)13)3-1-2(4(15)16)14-18-3/h3,17H,1H2,(H,15,16)/t3-/m0/s1. The molecule has 0 aliphatic carbocycles. The van der Waals surface area contributed by atoms with E-state index in [1.807, 2.05) is 0 Å². The monoisotopic (exact) mass is 281 g/mol. The quantitative estimate of drug-likeness (QED) is 0.742. The normalized spacial score (nSPS) is 21.5. The number of carboxylic acids is 1. The SMILES string of the molecule is O=C(O)C1=NO[C@H](C(O)(C(F)(F)F)C(F)(F)F)C1. The Balaban J connectivity index is 3.08. The van der Waals surface area contributed by atoms with Crippen LogP contribution in [0.4, 0.5) is 26.3 Å². The molecule has 0 aromatic heterocycles. The van der Waals surface area contributed by atoms with Gasteiger partial charge in [-0.1, -0.05) is 5.16 Å². The van der Waals surface area contributed by atoms with Crippen LogP contribution >= 0.6 is 0 Å². The number of rotatable bonds is 2. The van der Waals surface area contributed by atoms with Crippen LogP contribution in [-0.2, 0) is 9.63 Å². The highest BCUT2D eigenvalue weighted by molar-refractivity contribution is 6.35. The first kappa shape index (κ1) is 14.5. The molecule has 2 N–H and O–H groups in total. The maximum atomic E-state index is 12.3. The van der Waals surface area contributed by atoms with Crippen LogP contribution in [0.2, 0.25) is 0 Å². The smallest absolute Gasteiger partial charge is 0.430 e. The first-order valence-electron chi connectivity index (χ1n) is 4.23. The number of carbonyl (C=O) groups is 1. The van der Waals surface area contributed by atoms with E-state index in [0.717, 1.165) is 0 Å². The Morgan fingerprint density at radius 1 is 1.22 bits per heavy atom. The van der Waals surface area contributed by atoms with Crippen LogP contribution in [0.15, 0.2) is 5.16 Å². The first-order chi connectivity index (χ1) is 7.91. The summed E-state index contributed by atoms with van der Waals surface area (Å²) in [6.45, 7) is 0. The fraction of sp³-hybridized carbons (Fsp3) is 0.714. The lowest BCUT2D eigenvalue weighted by Crippen LogP contribution is -2.64. The number of hydrogen-bond donors (Lipinski definition) is 2. The molecule has 0 spiro atoms. The number of oxime groups is 1. The summed E-state index contributed by atoms with van der Waals surface area (Å²) in [6, 6.07) is 0. The zero-order valence-corrected chi connectivity index (χ0v) is 8.21. The Morgan fingerprint density at radius 3 is 1.94 bits per heavy atom. The highest BCUT2D eigenvalue weighted by Crippen LogP contribution is 2.47. The molecule has 0 fully saturated rings. The van der Waals surface area contributed by atoms with E-state index in [2.05, 4.69) is 9.99 Å². The summed E-state index contributed by atoms with van der Waals surface area (Å²) in [5, 5.41) is 19.8. The number of alkyl halides is 6. The number of carboxylic acid groups (broad SMARTS) is 1. The molecule has 0 radical (unpaired) electrons. The molecule has 5 nitrogen and oxygen atoms in total. The van der Waals surface area contributed by atoms with Gasteiger partial charge in [-0.25, -0.2) is 4.79 Å². The molecule has 18 heavy (non-hydrogen) atoms. The fourth-order valence-corrected chi connectivity index (χ4v) is 1.25. The molecule has 0 saturated carbocycles. The number of nitrogens with zero attached hydrogens (tertiary/aromatic N) is 1. The number of aliphatic carboxylic acids is 1. The van der Waals surface area contributed by atoms with Gasteiger partial charge in [0.25, 0.3) is 5.60 Å².